The van der Waals surface area contributed by atoms with Crippen molar-refractivity contribution in [2.45, 2.75) is 19.0 Å². The number of aliphatic imine (C=N–C) groups is 1. The number of guanidine groups is 1. The normalized spacial score (nSPS) is 16.8. The van der Waals surface area contributed by atoms with E-state index in [2.05, 4.69) is 35.6 Å². The average molecular weight is 411 g/mol. The number of anilines is 1. The smallest absolute Gasteiger partial charge is 0.191 e. The lowest BCUT2D eigenvalue weighted by molar-refractivity contribution is 0.648. The van der Waals surface area contributed by atoms with Gasteiger partial charge in [0, 0.05) is 57.5 Å². The van der Waals surface area contributed by atoms with E-state index in [1.54, 1.807) is 30.3 Å². The first-order chi connectivity index (χ1) is 14.2. The molecule has 0 bridgehead atoms. The monoisotopic (exact) mass is 410 g/mol. The molecule has 8 nitrogen and oxygen atoms in total. The molecule has 4 heterocycles. The molecule has 3 aromatic heterocycles. The Morgan fingerprint density at radius 3 is 2.97 bits per heavy atom. The summed E-state index contributed by atoms with van der Waals surface area (Å²) < 4.78 is 1.74. The summed E-state index contributed by atoms with van der Waals surface area (Å²) in [5.41, 5.74) is 1.10. The van der Waals surface area contributed by atoms with Crippen molar-refractivity contribution in [1.29, 1.82) is 0 Å². The van der Waals surface area contributed by atoms with Crippen LogP contribution in [0.1, 0.15) is 12.0 Å². The van der Waals surface area contributed by atoms with E-state index in [1.165, 1.54) is 0 Å². The Kier molecular flexibility index (Phi) is 5.90. The fraction of sp³-hybridized carbons (Fsp3) is 0.300. The highest BCUT2D eigenvalue weighted by Gasteiger charge is 2.25. The Morgan fingerprint density at radius 2 is 2.17 bits per heavy atom. The van der Waals surface area contributed by atoms with E-state index in [0.717, 1.165) is 42.7 Å². The van der Waals surface area contributed by atoms with Crippen LogP contribution in [-0.4, -0.2) is 51.9 Å². The largest absolute Gasteiger partial charge is 0.353 e. The van der Waals surface area contributed by atoms with Gasteiger partial charge in [-0.25, -0.2) is 14.6 Å². The molecule has 1 unspecified atom stereocenters. The molecule has 0 amide bonds. The summed E-state index contributed by atoms with van der Waals surface area (Å²) in [6, 6.07) is 9.86. The Balaban J connectivity index is 1.33. The summed E-state index contributed by atoms with van der Waals surface area (Å²) in [7, 11) is 1.78. The maximum atomic E-state index is 6.28. The van der Waals surface area contributed by atoms with Crippen molar-refractivity contribution in [3.05, 3.63) is 65.7 Å². The molecule has 2 N–H and O–H groups in total. The quantitative estimate of drug-likeness (QED) is 0.496. The molecule has 9 heteroatoms. The maximum absolute atomic E-state index is 6.28. The van der Waals surface area contributed by atoms with Crippen molar-refractivity contribution >= 4 is 23.4 Å². The van der Waals surface area contributed by atoms with Gasteiger partial charge in [-0.3, -0.25) is 4.99 Å². The minimum absolute atomic E-state index is 0.274. The molecule has 29 heavy (non-hydrogen) atoms. The van der Waals surface area contributed by atoms with E-state index >= 15 is 0 Å². The first-order valence-electron chi connectivity index (χ1n) is 9.50. The Bertz CT molecular complexity index is 972. The van der Waals surface area contributed by atoms with Crippen LogP contribution in [0, 0.1) is 0 Å². The first kappa shape index (κ1) is 19.2. The molecule has 1 atom stereocenters. The standard InChI is InChI=1S/C20H23ClN8/c1-22-20(25-13-15-5-9-23-18(12-15)29-10-3-8-26-29)27-16-6-11-28(14-16)19-17(21)4-2-7-24-19/h2-5,7-10,12,16H,6,11,13-14H2,1H3,(H2,22,25,27). The molecule has 0 radical (unpaired) electrons. The number of nitrogens with one attached hydrogen (secondary N) is 2. The van der Waals surface area contributed by atoms with E-state index in [-0.39, 0.29) is 6.04 Å². The third-order valence-corrected chi connectivity index (χ3v) is 5.10. The van der Waals surface area contributed by atoms with Gasteiger partial charge in [0.05, 0.1) is 5.02 Å². The molecule has 0 spiro atoms. The molecule has 3 aromatic rings. The predicted molar refractivity (Wildman–Crippen MR) is 115 cm³/mol. The summed E-state index contributed by atoms with van der Waals surface area (Å²) in [6.45, 7) is 2.37. The number of rotatable bonds is 5. The highest BCUT2D eigenvalue weighted by Crippen LogP contribution is 2.25. The molecule has 4 rings (SSSR count). The average Bonchev–Trinajstić information content (AvgIpc) is 3.44. The van der Waals surface area contributed by atoms with Gasteiger partial charge in [0.2, 0.25) is 0 Å². The third-order valence-electron chi connectivity index (χ3n) is 4.80. The second-order valence-electron chi connectivity index (χ2n) is 6.78. The van der Waals surface area contributed by atoms with Gasteiger partial charge in [0.25, 0.3) is 0 Å². The van der Waals surface area contributed by atoms with Gasteiger partial charge in [-0.05, 0) is 42.3 Å². The van der Waals surface area contributed by atoms with Gasteiger partial charge in [0.15, 0.2) is 11.8 Å². The summed E-state index contributed by atoms with van der Waals surface area (Å²) >= 11 is 6.28. The van der Waals surface area contributed by atoms with Crippen LogP contribution < -0.4 is 15.5 Å². The number of hydrogen-bond acceptors (Lipinski definition) is 5. The third kappa shape index (κ3) is 4.65. The molecule has 0 aromatic carbocycles. The zero-order valence-electron chi connectivity index (χ0n) is 16.2. The first-order valence-corrected chi connectivity index (χ1v) is 9.88. The van der Waals surface area contributed by atoms with Crippen LogP contribution in [0.4, 0.5) is 5.82 Å². The second-order valence-corrected chi connectivity index (χ2v) is 7.19. The number of nitrogens with zero attached hydrogens (tertiary/aromatic N) is 6. The van der Waals surface area contributed by atoms with Crippen LogP contribution in [0.15, 0.2) is 60.1 Å². The molecule has 1 aliphatic heterocycles. The van der Waals surface area contributed by atoms with Crippen LogP contribution in [-0.2, 0) is 6.54 Å². The number of halogens is 1. The van der Waals surface area contributed by atoms with Crippen LogP contribution in [0.2, 0.25) is 5.02 Å². The van der Waals surface area contributed by atoms with Crippen LogP contribution in [0.5, 0.6) is 0 Å². The number of aromatic nitrogens is 4. The van der Waals surface area contributed by atoms with Crippen LogP contribution in [0.25, 0.3) is 5.82 Å². The summed E-state index contributed by atoms with van der Waals surface area (Å²) in [6.07, 6.45) is 8.16. The second kappa shape index (κ2) is 8.91. The molecule has 1 fully saturated rings. The molecule has 1 saturated heterocycles. The van der Waals surface area contributed by atoms with E-state index in [4.69, 9.17) is 11.6 Å². The summed E-state index contributed by atoms with van der Waals surface area (Å²) in [5, 5.41) is 11.8. The molecular weight excluding hydrogens is 388 g/mol. The summed E-state index contributed by atoms with van der Waals surface area (Å²) in [5.74, 6) is 2.39. The fourth-order valence-electron chi connectivity index (χ4n) is 3.35. The zero-order chi connectivity index (χ0) is 20.1. The molecular formula is C20H23ClN8. The highest BCUT2D eigenvalue weighted by atomic mass is 35.5. The van der Waals surface area contributed by atoms with Crippen molar-refractivity contribution in [2.24, 2.45) is 4.99 Å². The minimum Gasteiger partial charge on any atom is -0.353 e. The summed E-state index contributed by atoms with van der Waals surface area (Å²) in [4.78, 5) is 15.3. The SMILES string of the molecule is CN=C(NCc1ccnc(-n2cccn2)c1)NC1CCN(c2ncccc2Cl)C1. The Morgan fingerprint density at radius 1 is 1.24 bits per heavy atom. The fourth-order valence-corrected chi connectivity index (χ4v) is 3.60. The van der Waals surface area contributed by atoms with E-state index in [0.29, 0.717) is 11.6 Å². The van der Waals surface area contributed by atoms with Gasteiger partial charge in [-0.1, -0.05) is 11.6 Å². The number of pyridine rings is 2. The molecule has 0 saturated carbocycles. The Hall–Kier alpha value is -3.13. The van der Waals surface area contributed by atoms with Gasteiger partial charge < -0.3 is 15.5 Å². The number of hydrogen-bond donors (Lipinski definition) is 2. The van der Waals surface area contributed by atoms with Crippen molar-refractivity contribution in [2.75, 3.05) is 25.0 Å². The van der Waals surface area contributed by atoms with Crippen molar-refractivity contribution in [3.63, 3.8) is 0 Å². The maximum Gasteiger partial charge on any atom is 0.191 e. The lowest BCUT2D eigenvalue weighted by atomic mass is 10.2. The lowest BCUT2D eigenvalue weighted by Crippen LogP contribution is -2.44. The van der Waals surface area contributed by atoms with E-state index < -0.39 is 0 Å². The molecule has 150 valence electrons. The topological polar surface area (TPSA) is 83.3 Å². The van der Waals surface area contributed by atoms with Gasteiger partial charge >= 0.3 is 0 Å². The molecule has 1 aliphatic rings. The van der Waals surface area contributed by atoms with Gasteiger partial charge in [0.1, 0.15) is 5.82 Å². The van der Waals surface area contributed by atoms with E-state index in [9.17, 15) is 0 Å². The highest BCUT2D eigenvalue weighted by molar-refractivity contribution is 6.32. The zero-order valence-corrected chi connectivity index (χ0v) is 16.9. The van der Waals surface area contributed by atoms with E-state index in [1.807, 2.05) is 36.5 Å². The van der Waals surface area contributed by atoms with Crippen LogP contribution >= 0.6 is 11.6 Å². The van der Waals surface area contributed by atoms with Crippen molar-refractivity contribution in [1.82, 2.24) is 30.4 Å². The van der Waals surface area contributed by atoms with Gasteiger partial charge in [-0.2, -0.15) is 5.10 Å². The van der Waals surface area contributed by atoms with Crippen LogP contribution in [0.3, 0.4) is 0 Å². The van der Waals surface area contributed by atoms with Crippen molar-refractivity contribution < 1.29 is 0 Å². The van der Waals surface area contributed by atoms with Crippen molar-refractivity contribution in [3.8, 4) is 5.82 Å². The van der Waals surface area contributed by atoms with Gasteiger partial charge in [-0.15, -0.1) is 0 Å². The lowest BCUT2D eigenvalue weighted by Gasteiger charge is -2.20. The minimum atomic E-state index is 0.274. The predicted octanol–water partition coefficient (Wildman–Crippen LogP) is 2.26. The molecule has 0 aliphatic carbocycles. The Labute approximate surface area is 174 Å².